The fraction of sp³-hybridized carbons (Fsp3) is 0. The van der Waals surface area contributed by atoms with Gasteiger partial charge in [0.1, 0.15) is 11.1 Å². The average Bonchev–Trinajstić information content (AvgIpc) is 2.47. The van der Waals surface area contributed by atoms with Gasteiger partial charge < -0.3 is 4.42 Å². The standard InChI is InChI=1S/C16H9ClO3/c17-16(19)13-14(18)11-8-4-5-9-12(11)20-15(13)10-6-2-1-3-7-10/h1-9H. The maximum Gasteiger partial charge on any atom is 0.260 e. The van der Waals surface area contributed by atoms with Crippen LogP contribution in [0.5, 0.6) is 0 Å². The van der Waals surface area contributed by atoms with Crippen LogP contribution in [-0.4, -0.2) is 5.24 Å². The summed E-state index contributed by atoms with van der Waals surface area (Å²) in [5.41, 5.74) is 0.527. The molecule has 1 heterocycles. The highest BCUT2D eigenvalue weighted by Crippen LogP contribution is 2.26. The Bertz CT molecular complexity index is 850. The zero-order chi connectivity index (χ0) is 14.1. The van der Waals surface area contributed by atoms with E-state index in [0.29, 0.717) is 16.5 Å². The van der Waals surface area contributed by atoms with Gasteiger partial charge in [-0.1, -0.05) is 42.5 Å². The first kappa shape index (κ1) is 12.6. The minimum atomic E-state index is -0.816. The fourth-order valence-electron chi connectivity index (χ4n) is 2.11. The Kier molecular flexibility index (Phi) is 3.12. The Labute approximate surface area is 119 Å². The molecule has 3 aromatic rings. The lowest BCUT2D eigenvalue weighted by molar-refractivity contribution is 0.108. The van der Waals surface area contributed by atoms with E-state index < -0.39 is 10.7 Å². The van der Waals surface area contributed by atoms with Gasteiger partial charge in [-0.3, -0.25) is 9.59 Å². The number of para-hydroxylation sites is 1. The van der Waals surface area contributed by atoms with Crippen LogP contribution in [0.15, 0.2) is 63.8 Å². The third-order valence-electron chi connectivity index (χ3n) is 3.03. The van der Waals surface area contributed by atoms with E-state index in [-0.39, 0.29) is 11.3 Å². The number of halogens is 1. The van der Waals surface area contributed by atoms with E-state index >= 15 is 0 Å². The summed E-state index contributed by atoms with van der Waals surface area (Å²) in [6.07, 6.45) is 0. The van der Waals surface area contributed by atoms with Crippen LogP contribution in [0, 0.1) is 0 Å². The summed E-state index contributed by atoms with van der Waals surface area (Å²) in [5, 5.41) is -0.473. The summed E-state index contributed by atoms with van der Waals surface area (Å²) in [5.74, 6) is 0.203. The van der Waals surface area contributed by atoms with Gasteiger partial charge >= 0.3 is 0 Å². The molecule has 1 aromatic heterocycles. The summed E-state index contributed by atoms with van der Waals surface area (Å²) < 4.78 is 5.72. The summed E-state index contributed by atoms with van der Waals surface area (Å²) >= 11 is 5.56. The van der Waals surface area contributed by atoms with Crippen molar-refractivity contribution in [2.24, 2.45) is 0 Å². The highest BCUT2D eigenvalue weighted by Gasteiger charge is 2.20. The molecule has 98 valence electrons. The Morgan fingerprint density at radius 1 is 0.950 bits per heavy atom. The third kappa shape index (κ3) is 2.02. The van der Waals surface area contributed by atoms with Crippen LogP contribution in [-0.2, 0) is 0 Å². The van der Waals surface area contributed by atoms with Crippen molar-refractivity contribution in [3.63, 3.8) is 0 Å². The Morgan fingerprint density at radius 2 is 1.60 bits per heavy atom. The second kappa shape index (κ2) is 4.94. The van der Waals surface area contributed by atoms with Crippen molar-refractivity contribution < 1.29 is 9.21 Å². The first-order valence-corrected chi connectivity index (χ1v) is 6.37. The molecule has 0 bridgehead atoms. The smallest absolute Gasteiger partial charge is 0.260 e. The van der Waals surface area contributed by atoms with Gasteiger partial charge in [0, 0.05) is 5.56 Å². The summed E-state index contributed by atoms with van der Waals surface area (Å²) in [6.45, 7) is 0. The van der Waals surface area contributed by atoms with E-state index in [1.807, 2.05) is 6.07 Å². The van der Waals surface area contributed by atoms with Gasteiger partial charge in [-0.15, -0.1) is 0 Å². The summed E-state index contributed by atoms with van der Waals surface area (Å²) in [7, 11) is 0. The Balaban J connectivity index is 2.45. The monoisotopic (exact) mass is 284 g/mol. The number of carbonyl (C=O) groups excluding carboxylic acids is 1. The fourth-order valence-corrected chi connectivity index (χ4v) is 2.28. The number of rotatable bonds is 2. The highest BCUT2D eigenvalue weighted by atomic mass is 35.5. The Morgan fingerprint density at radius 3 is 2.30 bits per heavy atom. The molecule has 0 radical (unpaired) electrons. The van der Waals surface area contributed by atoms with Crippen LogP contribution in [0.1, 0.15) is 10.4 Å². The lowest BCUT2D eigenvalue weighted by atomic mass is 10.1. The maximum absolute atomic E-state index is 12.4. The maximum atomic E-state index is 12.4. The van der Waals surface area contributed by atoms with Crippen LogP contribution in [0.3, 0.4) is 0 Å². The summed E-state index contributed by atoms with van der Waals surface area (Å²) in [6, 6.07) is 15.7. The number of carbonyl (C=O) groups is 1. The number of benzene rings is 2. The van der Waals surface area contributed by atoms with Crippen molar-refractivity contribution >= 4 is 27.8 Å². The molecule has 20 heavy (non-hydrogen) atoms. The van der Waals surface area contributed by atoms with Crippen molar-refractivity contribution in [2.45, 2.75) is 0 Å². The van der Waals surface area contributed by atoms with Gasteiger partial charge in [-0.05, 0) is 23.7 Å². The number of hydrogen-bond acceptors (Lipinski definition) is 3. The first-order chi connectivity index (χ1) is 9.68. The lowest BCUT2D eigenvalue weighted by Crippen LogP contribution is -2.13. The molecule has 0 saturated heterocycles. The average molecular weight is 285 g/mol. The lowest BCUT2D eigenvalue weighted by Gasteiger charge is -2.07. The van der Waals surface area contributed by atoms with Gasteiger partial charge in [0.05, 0.1) is 5.39 Å². The minimum absolute atomic E-state index is 0.128. The molecular weight excluding hydrogens is 276 g/mol. The van der Waals surface area contributed by atoms with E-state index in [9.17, 15) is 9.59 Å². The van der Waals surface area contributed by atoms with Gasteiger partial charge in [0.2, 0.25) is 5.43 Å². The van der Waals surface area contributed by atoms with E-state index in [0.717, 1.165) is 0 Å². The van der Waals surface area contributed by atoms with Gasteiger partial charge in [0.15, 0.2) is 5.76 Å². The molecule has 0 aliphatic heterocycles. The molecule has 0 amide bonds. The van der Waals surface area contributed by atoms with Crippen molar-refractivity contribution in [2.75, 3.05) is 0 Å². The number of hydrogen-bond donors (Lipinski definition) is 0. The van der Waals surface area contributed by atoms with Gasteiger partial charge in [0.25, 0.3) is 5.24 Å². The quantitative estimate of drug-likeness (QED) is 0.672. The second-order valence-electron chi connectivity index (χ2n) is 4.27. The Hall–Kier alpha value is -2.39. The molecular formula is C16H9ClO3. The molecule has 0 saturated carbocycles. The molecule has 0 fully saturated rings. The van der Waals surface area contributed by atoms with E-state index in [4.69, 9.17) is 16.0 Å². The van der Waals surface area contributed by atoms with E-state index in [1.165, 1.54) is 0 Å². The van der Waals surface area contributed by atoms with Crippen molar-refractivity contribution in [1.82, 2.24) is 0 Å². The molecule has 0 atom stereocenters. The molecule has 4 heteroatoms. The van der Waals surface area contributed by atoms with E-state index in [1.54, 1.807) is 48.5 Å². The third-order valence-corrected chi connectivity index (χ3v) is 3.22. The molecule has 0 unspecified atom stereocenters. The summed E-state index contributed by atoms with van der Waals surface area (Å²) in [4.78, 5) is 24.0. The molecule has 0 spiro atoms. The predicted octanol–water partition coefficient (Wildman–Crippen LogP) is 3.84. The van der Waals surface area contributed by atoms with E-state index in [2.05, 4.69) is 0 Å². The largest absolute Gasteiger partial charge is 0.455 e. The van der Waals surface area contributed by atoms with Crippen LogP contribution in [0.2, 0.25) is 0 Å². The predicted molar refractivity (Wildman–Crippen MR) is 78.1 cm³/mol. The first-order valence-electron chi connectivity index (χ1n) is 5.99. The second-order valence-corrected chi connectivity index (χ2v) is 4.61. The molecule has 0 N–H and O–H groups in total. The SMILES string of the molecule is O=C(Cl)c1c(-c2ccccc2)oc2ccccc2c1=O. The molecule has 0 aliphatic carbocycles. The number of fused-ring (bicyclic) bond motifs is 1. The van der Waals surface area contributed by atoms with Crippen LogP contribution < -0.4 is 5.43 Å². The topological polar surface area (TPSA) is 47.3 Å². The van der Waals surface area contributed by atoms with Crippen LogP contribution >= 0.6 is 11.6 Å². The highest BCUT2D eigenvalue weighted by molar-refractivity contribution is 6.68. The molecule has 2 aromatic carbocycles. The minimum Gasteiger partial charge on any atom is -0.455 e. The molecule has 3 rings (SSSR count). The normalized spacial score (nSPS) is 10.7. The zero-order valence-electron chi connectivity index (χ0n) is 10.3. The van der Waals surface area contributed by atoms with Crippen LogP contribution in [0.4, 0.5) is 0 Å². The van der Waals surface area contributed by atoms with Gasteiger partial charge in [-0.2, -0.15) is 0 Å². The molecule has 0 aliphatic rings. The van der Waals surface area contributed by atoms with Crippen LogP contribution in [0.25, 0.3) is 22.3 Å². The van der Waals surface area contributed by atoms with Crippen molar-refractivity contribution in [3.8, 4) is 11.3 Å². The molecule has 3 nitrogen and oxygen atoms in total. The zero-order valence-corrected chi connectivity index (χ0v) is 11.1. The van der Waals surface area contributed by atoms with Gasteiger partial charge in [-0.25, -0.2) is 0 Å². The van der Waals surface area contributed by atoms with Crippen molar-refractivity contribution in [3.05, 3.63) is 70.4 Å². The van der Waals surface area contributed by atoms with Crippen molar-refractivity contribution in [1.29, 1.82) is 0 Å².